The highest BCUT2D eigenvalue weighted by Gasteiger charge is 2.23. The van der Waals surface area contributed by atoms with E-state index in [9.17, 15) is 4.79 Å². The van der Waals surface area contributed by atoms with Gasteiger partial charge in [-0.1, -0.05) is 36.4 Å². The van der Waals surface area contributed by atoms with E-state index in [2.05, 4.69) is 60.0 Å². The molecular formula is C27H30N4OS. The number of thiophene rings is 1. The van der Waals surface area contributed by atoms with Crippen molar-refractivity contribution in [1.29, 1.82) is 0 Å². The van der Waals surface area contributed by atoms with Crippen LogP contribution in [0, 0.1) is 5.92 Å². The van der Waals surface area contributed by atoms with Crippen molar-refractivity contribution in [2.45, 2.75) is 31.7 Å². The van der Waals surface area contributed by atoms with Crippen LogP contribution in [0.4, 0.5) is 11.5 Å². The number of anilines is 2. The summed E-state index contributed by atoms with van der Waals surface area (Å²) in [6.45, 7) is 0.745. The van der Waals surface area contributed by atoms with Crippen LogP contribution in [0.15, 0.2) is 60.0 Å². The molecule has 4 aromatic rings. The second-order valence-electron chi connectivity index (χ2n) is 9.16. The zero-order valence-corrected chi connectivity index (χ0v) is 20.0. The molecule has 1 saturated carbocycles. The Morgan fingerprint density at radius 2 is 1.76 bits per heavy atom. The molecule has 0 radical (unpaired) electrons. The molecule has 2 heterocycles. The second-order valence-corrected chi connectivity index (χ2v) is 10.1. The predicted octanol–water partition coefficient (Wildman–Crippen LogP) is 5.92. The highest BCUT2D eigenvalue weighted by Crippen LogP contribution is 2.31. The molecule has 6 heteroatoms. The van der Waals surface area contributed by atoms with Gasteiger partial charge in [0.15, 0.2) is 0 Å². The molecule has 2 aromatic heterocycles. The van der Waals surface area contributed by atoms with E-state index in [0.29, 0.717) is 12.0 Å². The van der Waals surface area contributed by atoms with Gasteiger partial charge in [-0.3, -0.25) is 4.79 Å². The predicted molar refractivity (Wildman–Crippen MR) is 140 cm³/mol. The Balaban J connectivity index is 1.17. The molecule has 0 saturated heterocycles. The van der Waals surface area contributed by atoms with Crippen molar-refractivity contribution in [3.63, 3.8) is 0 Å². The van der Waals surface area contributed by atoms with Crippen LogP contribution in [0.5, 0.6) is 0 Å². The molecule has 1 fully saturated rings. The lowest BCUT2D eigenvalue weighted by Gasteiger charge is -2.30. The SMILES string of the molecule is CN(C)c1cc(NC2CCC(CNC(=O)c3csc4ccccc34)CC2)nc2ccccc12. The second kappa shape index (κ2) is 9.40. The molecule has 2 N–H and O–H groups in total. The normalized spacial score (nSPS) is 18.4. The van der Waals surface area contributed by atoms with Crippen molar-refractivity contribution in [2.24, 2.45) is 5.92 Å². The number of carbonyl (C=O) groups excluding carboxylic acids is 1. The topological polar surface area (TPSA) is 57.3 Å². The molecule has 2 aromatic carbocycles. The molecule has 5 nitrogen and oxygen atoms in total. The zero-order chi connectivity index (χ0) is 22.8. The number of carbonyl (C=O) groups is 1. The van der Waals surface area contributed by atoms with Crippen molar-refractivity contribution >= 4 is 49.7 Å². The van der Waals surface area contributed by atoms with Gasteiger partial charge < -0.3 is 15.5 Å². The average molecular weight is 459 g/mol. The number of fused-ring (bicyclic) bond motifs is 2. The lowest BCUT2D eigenvalue weighted by Crippen LogP contribution is -2.34. The van der Waals surface area contributed by atoms with E-state index in [-0.39, 0.29) is 5.91 Å². The first kappa shape index (κ1) is 21.7. The summed E-state index contributed by atoms with van der Waals surface area (Å²) in [6.07, 6.45) is 4.40. The lowest BCUT2D eigenvalue weighted by molar-refractivity contribution is 0.0945. The van der Waals surface area contributed by atoms with Crippen molar-refractivity contribution in [3.05, 3.63) is 65.5 Å². The number of para-hydroxylation sites is 1. The largest absolute Gasteiger partial charge is 0.377 e. The quantitative estimate of drug-likeness (QED) is 0.377. The lowest BCUT2D eigenvalue weighted by atomic mass is 9.86. The Hall–Kier alpha value is -3.12. The minimum absolute atomic E-state index is 0.0456. The smallest absolute Gasteiger partial charge is 0.252 e. The Morgan fingerprint density at radius 3 is 2.55 bits per heavy atom. The summed E-state index contributed by atoms with van der Waals surface area (Å²) >= 11 is 1.63. The number of hydrogen-bond donors (Lipinski definition) is 2. The van der Waals surface area contributed by atoms with Crippen LogP contribution >= 0.6 is 11.3 Å². The van der Waals surface area contributed by atoms with Gasteiger partial charge in [0, 0.05) is 59.3 Å². The van der Waals surface area contributed by atoms with E-state index < -0.39 is 0 Å². The van der Waals surface area contributed by atoms with E-state index >= 15 is 0 Å². The molecule has 0 unspecified atom stereocenters. The first-order chi connectivity index (χ1) is 16.1. The Kier molecular flexibility index (Phi) is 6.18. The average Bonchev–Trinajstić information content (AvgIpc) is 3.27. The third-order valence-electron chi connectivity index (χ3n) is 6.65. The number of nitrogens with zero attached hydrogens (tertiary/aromatic N) is 2. The highest BCUT2D eigenvalue weighted by molar-refractivity contribution is 7.17. The minimum atomic E-state index is 0.0456. The summed E-state index contributed by atoms with van der Waals surface area (Å²) in [6, 6.07) is 19.0. The van der Waals surface area contributed by atoms with Gasteiger partial charge in [0.1, 0.15) is 5.82 Å². The maximum atomic E-state index is 12.7. The molecule has 0 atom stereocenters. The number of hydrogen-bond acceptors (Lipinski definition) is 5. The van der Waals surface area contributed by atoms with E-state index in [0.717, 1.165) is 59.2 Å². The number of aromatic nitrogens is 1. The monoisotopic (exact) mass is 458 g/mol. The Bertz CT molecular complexity index is 1270. The van der Waals surface area contributed by atoms with Crippen molar-refractivity contribution < 1.29 is 4.79 Å². The fourth-order valence-corrected chi connectivity index (χ4v) is 5.75. The molecule has 1 aliphatic carbocycles. The fraction of sp³-hybridized carbons (Fsp3) is 0.333. The van der Waals surface area contributed by atoms with Gasteiger partial charge in [-0.05, 0) is 43.7 Å². The zero-order valence-electron chi connectivity index (χ0n) is 19.2. The number of amides is 1. The molecule has 1 amide bonds. The number of pyridine rings is 1. The highest BCUT2D eigenvalue weighted by atomic mass is 32.1. The van der Waals surface area contributed by atoms with Crippen LogP contribution in [0.1, 0.15) is 36.0 Å². The van der Waals surface area contributed by atoms with E-state index in [4.69, 9.17) is 4.98 Å². The summed E-state index contributed by atoms with van der Waals surface area (Å²) in [5, 5.41) is 11.0. The molecule has 170 valence electrons. The molecular weight excluding hydrogens is 428 g/mol. The Labute approximate surface area is 198 Å². The van der Waals surface area contributed by atoms with Crippen LogP contribution in [0.3, 0.4) is 0 Å². The summed E-state index contributed by atoms with van der Waals surface area (Å²) in [5.74, 6) is 1.52. The van der Waals surface area contributed by atoms with Crippen LogP contribution in [0.2, 0.25) is 0 Å². The third-order valence-corrected chi connectivity index (χ3v) is 7.62. The molecule has 0 aliphatic heterocycles. The Morgan fingerprint density at radius 1 is 1.03 bits per heavy atom. The molecule has 33 heavy (non-hydrogen) atoms. The molecule has 1 aliphatic rings. The summed E-state index contributed by atoms with van der Waals surface area (Å²) in [4.78, 5) is 19.7. The molecule has 5 rings (SSSR count). The first-order valence-electron chi connectivity index (χ1n) is 11.7. The van der Waals surface area contributed by atoms with Crippen LogP contribution in [0.25, 0.3) is 21.0 Å². The molecule has 0 spiro atoms. The number of nitrogens with one attached hydrogen (secondary N) is 2. The van der Waals surface area contributed by atoms with E-state index in [1.54, 1.807) is 11.3 Å². The van der Waals surface area contributed by atoms with Gasteiger partial charge in [-0.15, -0.1) is 11.3 Å². The van der Waals surface area contributed by atoms with Gasteiger partial charge in [0.2, 0.25) is 0 Å². The van der Waals surface area contributed by atoms with Crippen molar-refractivity contribution in [2.75, 3.05) is 30.9 Å². The van der Waals surface area contributed by atoms with Crippen LogP contribution in [-0.4, -0.2) is 37.6 Å². The maximum Gasteiger partial charge on any atom is 0.252 e. The first-order valence-corrected chi connectivity index (χ1v) is 12.5. The van der Waals surface area contributed by atoms with Crippen LogP contribution < -0.4 is 15.5 Å². The summed E-state index contributed by atoms with van der Waals surface area (Å²) in [7, 11) is 4.15. The van der Waals surface area contributed by atoms with Crippen LogP contribution in [-0.2, 0) is 0 Å². The van der Waals surface area contributed by atoms with Gasteiger partial charge in [0.05, 0.1) is 11.1 Å². The molecule has 0 bridgehead atoms. The summed E-state index contributed by atoms with van der Waals surface area (Å²) in [5.41, 5.74) is 2.99. The number of benzene rings is 2. The van der Waals surface area contributed by atoms with E-state index in [1.807, 2.05) is 29.6 Å². The van der Waals surface area contributed by atoms with Gasteiger partial charge >= 0.3 is 0 Å². The fourth-order valence-electron chi connectivity index (χ4n) is 4.81. The van der Waals surface area contributed by atoms with Gasteiger partial charge in [-0.25, -0.2) is 4.98 Å². The maximum absolute atomic E-state index is 12.7. The van der Waals surface area contributed by atoms with E-state index in [1.165, 1.54) is 11.1 Å². The summed E-state index contributed by atoms with van der Waals surface area (Å²) < 4.78 is 1.16. The minimum Gasteiger partial charge on any atom is -0.377 e. The van der Waals surface area contributed by atoms with Crippen molar-refractivity contribution in [3.8, 4) is 0 Å². The number of rotatable bonds is 6. The third kappa shape index (κ3) is 4.67. The van der Waals surface area contributed by atoms with Crippen molar-refractivity contribution in [1.82, 2.24) is 10.3 Å². The van der Waals surface area contributed by atoms with Gasteiger partial charge in [0.25, 0.3) is 5.91 Å². The standard InChI is InChI=1S/C27H30N4OS/c1-31(2)24-15-26(30-23-9-5-3-8-21(23)24)29-19-13-11-18(12-14-19)16-28-27(32)22-17-33-25-10-6-4-7-20(22)25/h3-10,15,17-19H,11-14,16H2,1-2H3,(H,28,32)(H,29,30). The van der Waals surface area contributed by atoms with Gasteiger partial charge in [-0.2, -0.15) is 0 Å².